The van der Waals surface area contributed by atoms with Crippen LogP contribution in [0.25, 0.3) is 10.1 Å². The fraction of sp³-hybridized carbons (Fsp3) is 0.267. The fourth-order valence-electron chi connectivity index (χ4n) is 1.67. The molecule has 5 nitrogen and oxygen atoms in total. The Morgan fingerprint density at radius 3 is 2.64 bits per heavy atom. The van der Waals surface area contributed by atoms with Gasteiger partial charge in [-0.2, -0.15) is 5.10 Å². The van der Waals surface area contributed by atoms with E-state index in [1.807, 2.05) is 0 Å². The zero-order valence-electron chi connectivity index (χ0n) is 12.3. The number of thiophene rings is 1. The molecule has 2 aromatic rings. The van der Waals surface area contributed by atoms with E-state index in [2.05, 4.69) is 10.5 Å². The van der Waals surface area contributed by atoms with Gasteiger partial charge >= 0.3 is 5.97 Å². The van der Waals surface area contributed by atoms with Crippen LogP contribution in [0.5, 0.6) is 0 Å². The third kappa shape index (κ3) is 3.30. The van der Waals surface area contributed by atoms with Crippen molar-refractivity contribution in [3.05, 3.63) is 34.5 Å². The van der Waals surface area contributed by atoms with Crippen LogP contribution < -0.4 is 5.43 Å². The highest BCUT2D eigenvalue weighted by Gasteiger charge is 2.20. The van der Waals surface area contributed by atoms with Gasteiger partial charge in [0.25, 0.3) is 0 Å². The molecule has 0 saturated carbocycles. The van der Waals surface area contributed by atoms with Crippen molar-refractivity contribution in [1.29, 1.82) is 0 Å². The maximum Gasteiger partial charge on any atom is 0.345 e. The Morgan fingerprint density at radius 2 is 2.05 bits per heavy atom. The van der Waals surface area contributed by atoms with Crippen LogP contribution in [0.2, 0.25) is 0 Å². The third-order valence-electron chi connectivity index (χ3n) is 2.94. The molecule has 1 aromatic carbocycles. The third-order valence-corrected chi connectivity index (χ3v) is 4.03. The van der Waals surface area contributed by atoms with Crippen LogP contribution in [0, 0.1) is 11.2 Å². The molecule has 7 heteroatoms. The molecule has 0 fully saturated rings. The van der Waals surface area contributed by atoms with Gasteiger partial charge in [0, 0.05) is 21.1 Å². The molecular weight excluding hydrogens is 307 g/mol. The van der Waals surface area contributed by atoms with Gasteiger partial charge in [-0.25, -0.2) is 14.6 Å². The van der Waals surface area contributed by atoms with Gasteiger partial charge in [-0.05, 0) is 18.2 Å². The van der Waals surface area contributed by atoms with Crippen LogP contribution in [0.4, 0.5) is 4.39 Å². The fourth-order valence-corrected chi connectivity index (χ4v) is 2.58. The first kappa shape index (κ1) is 16.1. The highest BCUT2D eigenvalue weighted by atomic mass is 32.1. The summed E-state index contributed by atoms with van der Waals surface area (Å²) in [6.45, 7) is 5.20. The van der Waals surface area contributed by atoms with Gasteiger partial charge < -0.3 is 5.11 Å². The number of carboxylic acids is 1. The summed E-state index contributed by atoms with van der Waals surface area (Å²) in [6.07, 6.45) is 1.19. The lowest BCUT2D eigenvalue weighted by atomic mass is 9.96. The van der Waals surface area contributed by atoms with Gasteiger partial charge in [0.05, 0.1) is 6.21 Å². The number of nitrogens with one attached hydrogen (secondary N) is 1. The predicted molar refractivity (Wildman–Crippen MR) is 83.9 cm³/mol. The SMILES string of the molecule is CC(C)(C)C(=O)N/N=C/c1c(F)ccc2sc(C(=O)O)cc12. The van der Waals surface area contributed by atoms with Crippen LogP contribution in [0.1, 0.15) is 36.0 Å². The topological polar surface area (TPSA) is 78.8 Å². The van der Waals surface area contributed by atoms with Gasteiger partial charge in [-0.3, -0.25) is 4.79 Å². The summed E-state index contributed by atoms with van der Waals surface area (Å²) in [6, 6.07) is 4.17. The number of halogens is 1. The summed E-state index contributed by atoms with van der Waals surface area (Å²) in [5, 5.41) is 13.2. The number of hydrazone groups is 1. The van der Waals surface area contributed by atoms with Crippen molar-refractivity contribution in [1.82, 2.24) is 5.43 Å². The molecule has 1 heterocycles. The monoisotopic (exact) mass is 322 g/mol. The molecule has 0 bridgehead atoms. The molecule has 0 aliphatic carbocycles. The first-order chi connectivity index (χ1) is 10.2. The number of carboxylic acid groups (broad SMARTS) is 1. The lowest BCUT2D eigenvalue weighted by Crippen LogP contribution is -2.31. The molecule has 22 heavy (non-hydrogen) atoms. The Bertz CT molecular complexity index is 775. The number of fused-ring (bicyclic) bond motifs is 1. The highest BCUT2D eigenvalue weighted by Crippen LogP contribution is 2.29. The summed E-state index contributed by atoms with van der Waals surface area (Å²) in [5.41, 5.74) is 1.88. The number of nitrogens with zero attached hydrogens (tertiary/aromatic N) is 1. The Morgan fingerprint density at radius 1 is 1.36 bits per heavy atom. The van der Waals surface area contributed by atoms with E-state index in [-0.39, 0.29) is 16.3 Å². The largest absolute Gasteiger partial charge is 0.477 e. The van der Waals surface area contributed by atoms with E-state index < -0.39 is 17.2 Å². The van der Waals surface area contributed by atoms with E-state index in [1.165, 1.54) is 24.4 Å². The quantitative estimate of drug-likeness (QED) is 0.672. The second-order valence-electron chi connectivity index (χ2n) is 5.74. The zero-order valence-corrected chi connectivity index (χ0v) is 13.1. The normalized spacial score (nSPS) is 12.0. The number of carbonyl (C=O) groups excluding carboxylic acids is 1. The van der Waals surface area contributed by atoms with Crippen LogP contribution in [-0.4, -0.2) is 23.2 Å². The predicted octanol–water partition coefficient (Wildman–Crippen LogP) is 3.23. The molecule has 1 amide bonds. The van der Waals surface area contributed by atoms with Crippen molar-refractivity contribution in [2.45, 2.75) is 20.8 Å². The lowest BCUT2D eigenvalue weighted by Gasteiger charge is -2.14. The average Bonchev–Trinajstić information content (AvgIpc) is 2.84. The minimum absolute atomic E-state index is 0.119. The lowest BCUT2D eigenvalue weighted by molar-refractivity contribution is -0.128. The molecule has 0 unspecified atom stereocenters. The number of amides is 1. The van der Waals surface area contributed by atoms with Crippen molar-refractivity contribution in [3.63, 3.8) is 0 Å². The molecule has 0 radical (unpaired) electrons. The van der Waals surface area contributed by atoms with Gasteiger partial charge in [0.2, 0.25) is 5.91 Å². The number of aromatic carboxylic acids is 1. The Hall–Kier alpha value is -2.28. The van der Waals surface area contributed by atoms with E-state index in [9.17, 15) is 14.0 Å². The smallest absolute Gasteiger partial charge is 0.345 e. The van der Waals surface area contributed by atoms with Gasteiger partial charge in [-0.15, -0.1) is 11.3 Å². The van der Waals surface area contributed by atoms with E-state index in [4.69, 9.17) is 5.11 Å². The van der Waals surface area contributed by atoms with Gasteiger partial charge in [0.15, 0.2) is 0 Å². The molecule has 1 aromatic heterocycles. The van der Waals surface area contributed by atoms with Crippen molar-refractivity contribution in [2.75, 3.05) is 0 Å². The van der Waals surface area contributed by atoms with Crippen LogP contribution >= 0.6 is 11.3 Å². The number of hydrogen-bond acceptors (Lipinski definition) is 4. The van der Waals surface area contributed by atoms with Crippen molar-refractivity contribution >= 4 is 39.5 Å². The molecule has 2 rings (SSSR count). The minimum atomic E-state index is -1.06. The second kappa shape index (κ2) is 5.84. The second-order valence-corrected chi connectivity index (χ2v) is 6.82. The van der Waals surface area contributed by atoms with Gasteiger partial charge in [-0.1, -0.05) is 20.8 Å². The molecule has 0 saturated heterocycles. The molecule has 0 spiro atoms. The summed E-state index contributed by atoms with van der Waals surface area (Å²) in [5.74, 6) is -1.89. The van der Waals surface area contributed by atoms with Crippen molar-refractivity contribution in [3.8, 4) is 0 Å². The molecule has 0 atom stereocenters. The molecular formula is C15H15FN2O3S. The maximum absolute atomic E-state index is 13.9. The minimum Gasteiger partial charge on any atom is -0.477 e. The van der Waals surface area contributed by atoms with Crippen molar-refractivity contribution < 1.29 is 19.1 Å². The summed E-state index contributed by atoms with van der Waals surface area (Å²) >= 11 is 1.06. The van der Waals surface area contributed by atoms with E-state index in [1.54, 1.807) is 20.8 Å². The zero-order chi connectivity index (χ0) is 16.5. The molecule has 0 aliphatic rings. The first-order valence-electron chi connectivity index (χ1n) is 6.49. The standard InChI is InChI=1S/C15H15FN2O3S/c1-15(2,3)14(21)18-17-7-9-8-6-12(13(19)20)22-11(8)5-4-10(9)16/h4-7H,1-3H3,(H,18,21)(H,19,20)/b17-7+. The molecule has 116 valence electrons. The Labute approximate surface area is 130 Å². The van der Waals surface area contributed by atoms with E-state index in [0.717, 1.165) is 11.3 Å². The molecule has 0 aliphatic heterocycles. The highest BCUT2D eigenvalue weighted by molar-refractivity contribution is 7.20. The maximum atomic E-state index is 13.9. The average molecular weight is 322 g/mol. The number of carbonyl (C=O) groups is 2. The summed E-state index contributed by atoms with van der Waals surface area (Å²) in [4.78, 5) is 22.8. The van der Waals surface area contributed by atoms with E-state index >= 15 is 0 Å². The summed E-state index contributed by atoms with van der Waals surface area (Å²) in [7, 11) is 0. The van der Waals surface area contributed by atoms with Crippen LogP contribution in [0.15, 0.2) is 23.3 Å². The first-order valence-corrected chi connectivity index (χ1v) is 7.30. The van der Waals surface area contributed by atoms with Crippen LogP contribution in [0.3, 0.4) is 0 Å². The van der Waals surface area contributed by atoms with Gasteiger partial charge in [0.1, 0.15) is 10.7 Å². The Kier molecular flexibility index (Phi) is 4.27. The number of rotatable bonds is 3. The number of hydrogen-bond donors (Lipinski definition) is 2. The Balaban J connectivity index is 2.36. The number of benzene rings is 1. The van der Waals surface area contributed by atoms with Crippen LogP contribution in [-0.2, 0) is 4.79 Å². The van der Waals surface area contributed by atoms with E-state index in [0.29, 0.717) is 10.1 Å². The summed E-state index contributed by atoms with van der Waals surface area (Å²) < 4.78 is 14.6. The van der Waals surface area contributed by atoms with Crippen molar-refractivity contribution in [2.24, 2.45) is 10.5 Å². The molecule has 2 N–H and O–H groups in total.